The van der Waals surface area contributed by atoms with Gasteiger partial charge in [0.2, 0.25) is 15.9 Å². The van der Waals surface area contributed by atoms with Crippen molar-refractivity contribution in [3.63, 3.8) is 0 Å². The molecule has 3 aromatic rings. The van der Waals surface area contributed by atoms with Crippen LogP contribution in [0, 0.1) is 12.8 Å². The Morgan fingerprint density at radius 3 is 2.64 bits per heavy atom. The van der Waals surface area contributed by atoms with Gasteiger partial charge in [-0.15, -0.1) is 11.3 Å². The van der Waals surface area contributed by atoms with Gasteiger partial charge >= 0.3 is 12.2 Å². The first-order valence-corrected chi connectivity index (χ1v) is 19.8. The van der Waals surface area contributed by atoms with Crippen molar-refractivity contribution in [2.45, 2.75) is 76.2 Å². The number of alkyl halides is 3. The molecule has 3 aliphatic rings. The van der Waals surface area contributed by atoms with Crippen LogP contribution in [-0.2, 0) is 25.8 Å². The Balaban J connectivity index is 1.35. The van der Waals surface area contributed by atoms with E-state index in [1.165, 1.54) is 25.0 Å². The molecule has 4 atom stereocenters. The Labute approximate surface area is 309 Å². The summed E-state index contributed by atoms with van der Waals surface area (Å²) in [6.45, 7) is 3.74. The lowest BCUT2D eigenvalue weighted by atomic mass is 9.97. The first kappa shape index (κ1) is 38.3. The summed E-state index contributed by atoms with van der Waals surface area (Å²) in [5, 5.41) is 4.32. The van der Waals surface area contributed by atoms with E-state index in [0.29, 0.717) is 48.0 Å². The highest BCUT2D eigenvalue weighted by molar-refractivity contribution is 7.90. The zero-order valence-electron chi connectivity index (χ0n) is 29.7. The molecule has 286 valence electrons. The Bertz CT molecular complexity index is 2060. The molecule has 2 N–H and O–H groups in total. The maximum absolute atomic E-state index is 14.2. The average molecular weight is 779 g/mol. The van der Waals surface area contributed by atoms with Crippen LogP contribution in [0.1, 0.15) is 56.7 Å². The molecule has 2 aliphatic heterocycles. The van der Waals surface area contributed by atoms with Gasteiger partial charge in [-0.2, -0.15) is 13.2 Å². The number of hydrogen-bond donors (Lipinski definition) is 2. The molecular weight excluding hydrogens is 738 g/mol. The summed E-state index contributed by atoms with van der Waals surface area (Å²) in [5.41, 5.74) is -1.37. The molecule has 4 heterocycles. The van der Waals surface area contributed by atoms with Crippen molar-refractivity contribution < 1.29 is 45.4 Å². The first-order chi connectivity index (χ1) is 25.1. The second-order valence-electron chi connectivity index (χ2n) is 13.5. The zero-order valence-corrected chi connectivity index (χ0v) is 31.3. The number of sulfonamides is 1. The molecule has 1 saturated carbocycles. The summed E-state index contributed by atoms with van der Waals surface area (Å²) in [4.78, 5) is 52.9. The maximum Gasteiger partial charge on any atom is 0.434 e. The van der Waals surface area contributed by atoms with Gasteiger partial charge in [0, 0.05) is 61.3 Å². The van der Waals surface area contributed by atoms with Crippen LogP contribution in [0.25, 0.3) is 21.6 Å². The van der Waals surface area contributed by atoms with Gasteiger partial charge in [-0.05, 0) is 51.7 Å². The van der Waals surface area contributed by atoms with Crippen LogP contribution in [0.15, 0.2) is 35.7 Å². The predicted molar refractivity (Wildman–Crippen MR) is 191 cm³/mol. The van der Waals surface area contributed by atoms with Crippen LogP contribution in [0.4, 0.5) is 18.0 Å². The van der Waals surface area contributed by atoms with E-state index in [9.17, 15) is 36.0 Å². The van der Waals surface area contributed by atoms with Crippen LogP contribution >= 0.6 is 11.3 Å². The average Bonchev–Trinajstić information content (AvgIpc) is 3.55. The van der Waals surface area contributed by atoms with Crippen LogP contribution in [0.5, 0.6) is 11.5 Å². The molecule has 4 amide bonds. The minimum atomic E-state index is -4.64. The van der Waals surface area contributed by atoms with Crippen molar-refractivity contribution in [1.82, 2.24) is 29.8 Å². The molecule has 1 saturated heterocycles. The normalized spacial score (nSPS) is 24.8. The molecule has 13 nitrogen and oxygen atoms in total. The van der Waals surface area contributed by atoms with Crippen LogP contribution < -0.4 is 19.5 Å². The van der Waals surface area contributed by atoms with Gasteiger partial charge in [0.05, 0.1) is 18.4 Å². The SMILES string of the molecule is CCS(=O)(=O)NC(=O)[C@@]12C[C@@H]1/C=C\CCCCN(C)C(=O)N1CC[C@H](Oc3cc(-c4nc(C(F)(F)F)cs4)nc4c(C)c(OC)ccc34)C[C@H]1C(=O)N2. The highest BCUT2D eigenvalue weighted by Crippen LogP contribution is 2.46. The van der Waals surface area contributed by atoms with Crippen molar-refractivity contribution in [2.75, 3.05) is 33.0 Å². The third-order valence-corrected chi connectivity index (χ3v) is 12.1. The number of ether oxygens (including phenoxy) is 2. The molecule has 2 aromatic heterocycles. The predicted octanol–water partition coefficient (Wildman–Crippen LogP) is 5.04. The number of carbonyl (C=O) groups excluding carboxylic acids is 3. The number of thiazole rings is 1. The number of piperidine rings is 1. The van der Waals surface area contributed by atoms with Crippen molar-refractivity contribution in [1.29, 1.82) is 0 Å². The lowest BCUT2D eigenvalue weighted by molar-refractivity contribution is -0.140. The van der Waals surface area contributed by atoms with Gasteiger partial charge in [-0.1, -0.05) is 12.2 Å². The highest BCUT2D eigenvalue weighted by Gasteiger charge is 2.61. The molecule has 53 heavy (non-hydrogen) atoms. The molecule has 0 spiro atoms. The Morgan fingerprint density at radius 1 is 1.17 bits per heavy atom. The number of pyridine rings is 1. The molecule has 1 aliphatic carbocycles. The van der Waals surface area contributed by atoms with Gasteiger partial charge in [-0.25, -0.2) is 23.2 Å². The Morgan fingerprint density at radius 2 is 1.94 bits per heavy atom. The van der Waals surface area contributed by atoms with Crippen molar-refractivity contribution in [2.24, 2.45) is 5.92 Å². The molecule has 2 fully saturated rings. The van der Waals surface area contributed by atoms with E-state index in [2.05, 4.69) is 20.0 Å². The molecule has 0 unspecified atom stereocenters. The van der Waals surface area contributed by atoms with Crippen LogP contribution in [-0.4, -0.2) is 96.7 Å². The van der Waals surface area contributed by atoms with E-state index < -0.39 is 57.3 Å². The maximum atomic E-state index is 14.2. The second-order valence-corrected chi connectivity index (χ2v) is 16.4. The van der Waals surface area contributed by atoms with Gasteiger partial charge in [-0.3, -0.25) is 14.3 Å². The number of urea groups is 1. The number of amides is 4. The van der Waals surface area contributed by atoms with E-state index >= 15 is 0 Å². The third kappa shape index (κ3) is 7.93. The summed E-state index contributed by atoms with van der Waals surface area (Å²) in [6.07, 6.45) is 1.09. The number of rotatable bonds is 7. The fraction of sp³-hybridized carbons (Fsp3) is 0.514. The zero-order chi connectivity index (χ0) is 38.3. The topological polar surface area (TPSA) is 160 Å². The number of nitrogens with zero attached hydrogens (tertiary/aromatic N) is 4. The number of methoxy groups -OCH3 is 1. The number of fused-ring (bicyclic) bond motifs is 3. The van der Waals surface area contributed by atoms with Crippen molar-refractivity contribution in [3.8, 4) is 22.2 Å². The Hall–Kier alpha value is -4.45. The van der Waals surface area contributed by atoms with Crippen molar-refractivity contribution in [3.05, 3.63) is 47.0 Å². The van der Waals surface area contributed by atoms with E-state index in [1.54, 1.807) is 31.0 Å². The van der Waals surface area contributed by atoms with Gasteiger partial charge in [0.15, 0.2) is 5.69 Å². The minimum Gasteiger partial charge on any atom is -0.496 e. The number of aromatic nitrogens is 2. The van der Waals surface area contributed by atoms with Crippen LogP contribution in [0.3, 0.4) is 0 Å². The standard InChI is InChI=1S/C35H41F3N6O7S2/c1-5-53(48,49)42-32(46)34-18-21(34)10-8-6-7-9-14-43(3)33(47)44-15-13-22(16-25(44)30(45)41-34)51-27-17-24(31-40-28(19-52-31)35(36,37)38)39-29-20(2)26(50-4)12-11-23(27)29/h8,10-12,17,19,21-22,25H,5-7,9,13-16,18H2,1-4H3,(H,41,45)(H,42,46)/b10-8-/t21-,22-,25-,34+/m0/s1. The largest absolute Gasteiger partial charge is 0.496 e. The number of benzene rings is 1. The number of carbonyl (C=O) groups is 3. The van der Waals surface area contributed by atoms with E-state index in [1.807, 2.05) is 12.2 Å². The molecular formula is C35H41F3N6O7S2. The second kappa shape index (κ2) is 14.8. The molecule has 18 heteroatoms. The lowest BCUT2D eigenvalue weighted by Gasteiger charge is -2.40. The number of hydrogen-bond acceptors (Lipinski definition) is 10. The summed E-state index contributed by atoms with van der Waals surface area (Å²) in [6, 6.07) is 3.49. The van der Waals surface area contributed by atoms with E-state index in [4.69, 9.17) is 9.47 Å². The first-order valence-electron chi connectivity index (χ1n) is 17.3. The fourth-order valence-corrected chi connectivity index (χ4v) is 8.20. The molecule has 6 rings (SSSR count). The monoisotopic (exact) mass is 778 g/mol. The Kier molecular flexibility index (Phi) is 10.7. The lowest BCUT2D eigenvalue weighted by Crippen LogP contribution is -2.61. The fourth-order valence-electron chi connectivity index (χ4n) is 6.80. The molecule has 0 bridgehead atoms. The minimum absolute atomic E-state index is 0.000632. The third-order valence-electron chi connectivity index (χ3n) is 9.98. The number of aryl methyl sites for hydroxylation is 1. The number of halogens is 3. The number of nitrogens with one attached hydrogen (secondary N) is 2. The number of allylic oxidation sites excluding steroid dienone is 1. The van der Waals surface area contributed by atoms with Gasteiger partial charge < -0.3 is 24.6 Å². The summed E-state index contributed by atoms with van der Waals surface area (Å²) in [5.74, 6) is -1.46. The molecule has 0 radical (unpaired) electrons. The smallest absolute Gasteiger partial charge is 0.434 e. The van der Waals surface area contributed by atoms with Gasteiger partial charge in [0.1, 0.15) is 39.9 Å². The van der Waals surface area contributed by atoms with Gasteiger partial charge in [0.25, 0.3) is 5.91 Å². The summed E-state index contributed by atoms with van der Waals surface area (Å²) >= 11 is 0.792. The van der Waals surface area contributed by atoms with Crippen LogP contribution in [0.2, 0.25) is 0 Å². The van der Waals surface area contributed by atoms with Crippen molar-refractivity contribution >= 4 is 50.1 Å². The summed E-state index contributed by atoms with van der Waals surface area (Å²) < 4.78 is 79.3. The molecule has 1 aromatic carbocycles. The highest BCUT2D eigenvalue weighted by atomic mass is 32.2. The van der Waals surface area contributed by atoms with E-state index in [-0.39, 0.29) is 47.6 Å². The van der Waals surface area contributed by atoms with E-state index in [0.717, 1.165) is 23.1 Å². The quantitative estimate of drug-likeness (QED) is 0.314. The summed E-state index contributed by atoms with van der Waals surface area (Å²) in [7, 11) is -0.782.